The summed E-state index contributed by atoms with van der Waals surface area (Å²) in [6.45, 7) is 6.85. The van der Waals surface area contributed by atoms with E-state index in [0.717, 1.165) is 61.9 Å². The lowest BCUT2D eigenvalue weighted by Crippen LogP contribution is -2.45. The van der Waals surface area contributed by atoms with Crippen molar-refractivity contribution in [2.24, 2.45) is 0 Å². The molecule has 0 aliphatic carbocycles. The van der Waals surface area contributed by atoms with Crippen LogP contribution in [0.1, 0.15) is 28.5 Å². The van der Waals surface area contributed by atoms with Crippen LogP contribution in [0.25, 0.3) is 11.1 Å². The number of benzene rings is 1. The number of nitrogen functional groups attached to an aromatic ring is 1. The maximum atomic E-state index is 11.8. The fourth-order valence-corrected chi connectivity index (χ4v) is 4.84. The number of likely N-dealkylation sites (N-methyl/N-ethyl adjacent to an activating group) is 1. The summed E-state index contributed by atoms with van der Waals surface area (Å²) in [4.78, 5) is 32.2. The lowest BCUT2D eigenvalue weighted by molar-refractivity contribution is 0.0958. The number of aromatic nitrogens is 3. The van der Waals surface area contributed by atoms with Gasteiger partial charge in [-0.1, -0.05) is 18.2 Å². The summed E-state index contributed by atoms with van der Waals surface area (Å²) >= 11 is 0. The first kappa shape index (κ1) is 23.0. The van der Waals surface area contributed by atoms with E-state index in [0.29, 0.717) is 11.6 Å². The Morgan fingerprint density at radius 2 is 1.74 bits per heavy atom. The van der Waals surface area contributed by atoms with Gasteiger partial charge in [-0.05, 0) is 49.2 Å². The van der Waals surface area contributed by atoms with Gasteiger partial charge in [0.15, 0.2) is 0 Å². The van der Waals surface area contributed by atoms with E-state index in [9.17, 15) is 4.79 Å². The molecule has 0 radical (unpaired) electrons. The van der Waals surface area contributed by atoms with Crippen molar-refractivity contribution in [3.8, 4) is 11.1 Å². The van der Waals surface area contributed by atoms with Crippen LogP contribution in [0, 0.1) is 0 Å². The van der Waals surface area contributed by atoms with Crippen molar-refractivity contribution in [1.29, 1.82) is 0 Å². The zero-order valence-corrected chi connectivity index (χ0v) is 20.5. The third-order valence-electron chi connectivity index (χ3n) is 6.99. The lowest BCUT2D eigenvalue weighted by atomic mass is 9.92. The predicted molar refractivity (Wildman–Crippen MR) is 139 cm³/mol. The van der Waals surface area contributed by atoms with E-state index < -0.39 is 0 Å². The van der Waals surface area contributed by atoms with Crippen LogP contribution < -0.4 is 20.9 Å². The van der Waals surface area contributed by atoms with Gasteiger partial charge in [-0.25, -0.2) is 0 Å². The fraction of sp³-hybridized carbons (Fsp3) is 0.385. The van der Waals surface area contributed by atoms with Crippen molar-refractivity contribution >= 4 is 23.5 Å². The number of hydrogen-bond donors (Lipinski definition) is 2. The Morgan fingerprint density at radius 1 is 1.00 bits per heavy atom. The molecular weight excluding hydrogens is 440 g/mol. The van der Waals surface area contributed by atoms with E-state index in [4.69, 9.17) is 5.73 Å². The first-order valence-corrected chi connectivity index (χ1v) is 12.1. The van der Waals surface area contributed by atoms with Crippen LogP contribution in [0.3, 0.4) is 0 Å². The number of carbonyl (C=O) groups excluding carboxylic acids is 1. The van der Waals surface area contributed by atoms with E-state index >= 15 is 0 Å². The van der Waals surface area contributed by atoms with Gasteiger partial charge in [0.05, 0.1) is 0 Å². The molecule has 3 aromatic rings. The molecule has 182 valence electrons. The number of hydrogen-bond acceptors (Lipinski definition) is 8. The number of carbonyl (C=O) groups is 1. The Hall–Kier alpha value is -3.72. The van der Waals surface area contributed by atoms with E-state index in [1.807, 2.05) is 6.07 Å². The molecule has 0 spiro atoms. The molecule has 2 aromatic heterocycles. The highest BCUT2D eigenvalue weighted by Crippen LogP contribution is 2.32. The molecular formula is C26H32N8O. The van der Waals surface area contributed by atoms with Crippen molar-refractivity contribution in [3.05, 3.63) is 59.4 Å². The summed E-state index contributed by atoms with van der Waals surface area (Å²) in [6.07, 6.45) is 2.68. The van der Waals surface area contributed by atoms with Gasteiger partial charge in [-0.15, -0.1) is 0 Å². The number of nitrogens with zero attached hydrogens (tertiary/aromatic N) is 6. The largest absolute Gasteiger partial charge is 0.368 e. The first-order valence-electron chi connectivity index (χ1n) is 12.1. The average molecular weight is 473 g/mol. The number of nitrogens with two attached hydrogens (primary N) is 1. The predicted octanol–water partition coefficient (Wildman–Crippen LogP) is 2.18. The molecule has 3 N–H and O–H groups in total. The average Bonchev–Trinajstić information content (AvgIpc) is 2.87. The number of nitrogens with one attached hydrogen (secondary N) is 1. The number of amides is 1. The minimum Gasteiger partial charge on any atom is -0.368 e. The summed E-state index contributed by atoms with van der Waals surface area (Å²) in [5.41, 5.74) is 11.2. The quantitative estimate of drug-likeness (QED) is 0.596. The van der Waals surface area contributed by atoms with Crippen LogP contribution >= 0.6 is 0 Å². The third-order valence-corrected chi connectivity index (χ3v) is 6.99. The van der Waals surface area contributed by atoms with E-state index in [1.54, 1.807) is 19.3 Å². The van der Waals surface area contributed by atoms with Crippen molar-refractivity contribution in [2.45, 2.75) is 25.9 Å². The molecule has 1 saturated heterocycles. The minimum absolute atomic E-state index is 0.188. The van der Waals surface area contributed by atoms with Crippen molar-refractivity contribution in [2.75, 3.05) is 55.8 Å². The number of rotatable bonds is 4. The molecule has 1 amide bonds. The number of anilines is 3. The van der Waals surface area contributed by atoms with E-state index in [2.05, 4.69) is 73.2 Å². The summed E-state index contributed by atoms with van der Waals surface area (Å²) in [6, 6.07) is 12.6. The fourth-order valence-electron chi connectivity index (χ4n) is 4.84. The van der Waals surface area contributed by atoms with Crippen molar-refractivity contribution < 1.29 is 4.79 Å². The van der Waals surface area contributed by atoms with Gasteiger partial charge in [0.2, 0.25) is 5.95 Å². The zero-order chi connectivity index (χ0) is 24.5. The summed E-state index contributed by atoms with van der Waals surface area (Å²) < 4.78 is 0. The summed E-state index contributed by atoms with van der Waals surface area (Å²) in [7, 11) is 3.75. The SMILES string of the molecule is CNC(=O)c1ccc(-c2ccc3c(c2)CN(c2cc(N4CCN(C)CC4)nc(N)n2)C(C)C3)cn1. The normalized spacial score (nSPS) is 18.3. The second-order valence-corrected chi connectivity index (χ2v) is 9.41. The molecule has 9 heteroatoms. The highest BCUT2D eigenvalue weighted by molar-refractivity contribution is 5.92. The van der Waals surface area contributed by atoms with Gasteiger partial charge >= 0.3 is 0 Å². The second-order valence-electron chi connectivity index (χ2n) is 9.41. The molecule has 1 atom stereocenters. The third kappa shape index (κ3) is 4.77. The zero-order valence-electron chi connectivity index (χ0n) is 20.5. The number of fused-ring (bicyclic) bond motifs is 1. The van der Waals surface area contributed by atoms with Gasteiger partial charge in [0, 0.05) is 63.6 Å². The minimum atomic E-state index is -0.188. The van der Waals surface area contributed by atoms with Crippen molar-refractivity contribution in [1.82, 2.24) is 25.2 Å². The highest BCUT2D eigenvalue weighted by Gasteiger charge is 2.26. The summed E-state index contributed by atoms with van der Waals surface area (Å²) in [5, 5.41) is 2.61. The van der Waals surface area contributed by atoms with E-state index in [-0.39, 0.29) is 11.9 Å². The Bertz CT molecular complexity index is 1220. The monoisotopic (exact) mass is 472 g/mol. The molecule has 0 bridgehead atoms. The molecule has 0 saturated carbocycles. The smallest absolute Gasteiger partial charge is 0.269 e. The van der Waals surface area contributed by atoms with Crippen LogP contribution in [0.2, 0.25) is 0 Å². The van der Waals surface area contributed by atoms with Crippen LogP contribution in [0.5, 0.6) is 0 Å². The Morgan fingerprint density at radius 3 is 2.46 bits per heavy atom. The van der Waals surface area contributed by atoms with Crippen LogP contribution in [-0.2, 0) is 13.0 Å². The Labute approximate surface area is 206 Å². The lowest BCUT2D eigenvalue weighted by Gasteiger charge is -2.37. The molecule has 1 fully saturated rings. The molecule has 35 heavy (non-hydrogen) atoms. The molecule has 1 unspecified atom stereocenters. The van der Waals surface area contributed by atoms with Gasteiger partial charge in [0.1, 0.15) is 17.3 Å². The Kier molecular flexibility index (Phi) is 6.25. The number of pyridine rings is 1. The van der Waals surface area contributed by atoms with Gasteiger partial charge in [-0.3, -0.25) is 9.78 Å². The summed E-state index contributed by atoms with van der Waals surface area (Å²) in [5.74, 6) is 1.89. The van der Waals surface area contributed by atoms with Crippen LogP contribution in [0.4, 0.5) is 17.6 Å². The maximum absolute atomic E-state index is 11.8. The Balaban J connectivity index is 1.41. The second kappa shape index (κ2) is 9.50. The number of piperazine rings is 1. The van der Waals surface area contributed by atoms with Gasteiger partial charge in [-0.2, -0.15) is 9.97 Å². The van der Waals surface area contributed by atoms with E-state index in [1.165, 1.54) is 11.1 Å². The van der Waals surface area contributed by atoms with Gasteiger partial charge in [0.25, 0.3) is 5.91 Å². The highest BCUT2D eigenvalue weighted by atomic mass is 16.1. The molecule has 2 aliphatic rings. The van der Waals surface area contributed by atoms with Crippen molar-refractivity contribution in [3.63, 3.8) is 0 Å². The van der Waals surface area contributed by atoms with Crippen LogP contribution in [0.15, 0.2) is 42.6 Å². The molecule has 5 rings (SSSR count). The first-order chi connectivity index (χ1) is 16.9. The topological polar surface area (TPSA) is 104 Å². The van der Waals surface area contributed by atoms with Crippen LogP contribution in [-0.4, -0.2) is 72.1 Å². The standard InChI is InChI=1S/C26H32N8O/c1-17-12-18-4-5-19(20-6-7-22(29-15-20)25(35)28-2)13-21(18)16-34(17)24-14-23(30-26(27)31-24)33-10-8-32(3)9-11-33/h4-7,13-15,17H,8-12,16H2,1-3H3,(H,28,35)(H2,27,30,31). The molecule has 4 heterocycles. The maximum Gasteiger partial charge on any atom is 0.269 e. The molecule has 2 aliphatic heterocycles. The molecule has 9 nitrogen and oxygen atoms in total. The molecule has 1 aromatic carbocycles. The van der Waals surface area contributed by atoms with Gasteiger partial charge < -0.3 is 25.8 Å².